The second-order valence-corrected chi connectivity index (χ2v) is 7.44. The van der Waals surface area contributed by atoms with E-state index in [1.807, 2.05) is 0 Å². The van der Waals surface area contributed by atoms with Gasteiger partial charge >= 0.3 is 5.97 Å². The minimum atomic E-state index is 0.00965. The Labute approximate surface area is 110 Å². The van der Waals surface area contributed by atoms with E-state index < -0.39 is 0 Å². The Hall–Kier alpha value is -0.570. The number of nitrogens with zero attached hydrogens (tertiary/aromatic N) is 1. The number of ether oxygens (including phenoxy) is 1. The lowest BCUT2D eigenvalue weighted by Gasteiger charge is -2.57. The molecule has 6 unspecified atom stereocenters. The third-order valence-electron chi connectivity index (χ3n) is 7.17. The summed E-state index contributed by atoms with van der Waals surface area (Å²) in [4.78, 5) is 14.8. The summed E-state index contributed by atoms with van der Waals surface area (Å²) in [7, 11) is 3.78. The minimum absolute atomic E-state index is 0.00965. The Balaban J connectivity index is 2.06. The van der Waals surface area contributed by atoms with Crippen molar-refractivity contribution in [3.63, 3.8) is 0 Å². The van der Waals surface area contributed by atoms with Crippen molar-refractivity contribution in [2.24, 2.45) is 23.2 Å². The number of rotatable bonds is 1. The molecule has 4 rings (SSSR count). The average Bonchev–Trinajstić information content (AvgIpc) is 2.91. The first-order chi connectivity index (χ1) is 8.22. The van der Waals surface area contributed by atoms with Gasteiger partial charge in [-0.1, -0.05) is 13.8 Å². The maximum atomic E-state index is 12.3. The van der Waals surface area contributed by atoms with Gasteiger partial charge in [0.25, 0.3) is 0 Å². The fourth-order valence-electron chi connectivity index (χ4n) is 5.21. The summed E-state index contributed by atoms with van der Waals surface area (Å²) in [6.45, 7) is 9.26. The number of methoxy groups -OCH3 is 1. The van der Waals surface area contributed by atoms with Crippen LogP contribution in [0.15, 0.2) is 0 Å². The predicted molar refractivity (Wildman–Crippen MR) is 70.1 cm³/mol. The van der Waals surface area contributed by atoms with Gasteiger partial charge in [-0.05, 0) is 45.6 Å². The highest BCUT2D eigenvalue weighted by Gasteiger charge is 2.78. The number of hydrogen-bond acceptors (Lipinski definition) is 3. The third-order valence-corrected chi connectivity index (χ3v) is 7.17. The summed E-state index contributed by atoms with van der Waals surface area (Å²) in [6.07, 6.45) is 2.25. The largest absolute Gasteiger partial charge is 0.469 e. The molecule has 0 radical (unpaired) electrons. The van der Waals surface area contributed by atoms with Gasteiger partial charge in [0.1, 0.15) is 0 Å². The molecule has 0 aromatic heterocycles. The third kappa shape index (κ3) is 1.05. The van der Waals surface area contributed by atoms with Crippen LogP contribution in [-0.2, 0) is 9.53 Å². The SMILES string of the molecule is COC(=O)C1C2CC(C)(C2C)N(C)C2(C)CC12C. The molecule has 0 aromatic rings. The Morgan fingerprint density at radius 1 is 1.33 bits per heavy atom. The van der Waals surface area contributed by atoms with Gasteiger partial charge in [0.05, 0.1) is 13.0 Å². The van der Waals surface area contributed by atoms with Gasteiger partial charge in [-0.2, -0.15) is 0 Å². The molecule has 2 aliphatic heterocycles. The van der Waals surface area contributed by atoms with E-state index in [9.17, 15) is 4.79 Å². The molecule has 18 heavy (non-hydrogen) atoms. The van der Waals surface area contributed by atoms with Crippen molar-refractivity contribution in [3.8, 4) is 0 Å². The Bertz CT molecular complexity index is 423. The second-order valence-electron chi connectivity index (χ2n) is 7.44. The molecule has 2 saturated carbocycles. The first-order valence-corrected chi connectivity index (χ1v) is 7.04. The molecule has 2 heterocycles. The lowest BCUT2D eigenvalue weighted by molar-refractivity contribution is -0.156. The van der Waals surface area contributed by atoms with Gasteiger partial charge in [0, 0.05) is 16.5 Å². The van der Waals surface area contributed by atoms with Gasteiger partial charge < -0.3 is 4.74 Å². The number of hydrogen-bond donors (Lipinski definition) is 0. The first kappa shape index (κ1) is 12.5. The average molecular weight is 251 g/mol. The maximum absolute atomic E-state index is 12.3. The summed E-state index contributed by atoms with van der Waals surface area (Å²) in [5, 5.41) is 0. The summed E-state index contributed by atoms with van der Waals surface area (Å²) in [5.74, 6) is 1.17. The molecule has 0 spiro atoms. The van der Waals surface area contributed by atoms with E-state index >= 15 is 0 Å². The van der Waals surface area contributed by atoms with Crippen LogP contribution in [0.5, 0.6) is 0 Å². The van der Waals surface area contributed by atoms with E-state index in [1.54, 1.807) is 0 Å². The van der Waals surface area contributed by atoms with Crippen molar-refractivity contribution in [2.75, 3.05) is 14.2 Å². The van der Waals surface area contributed by atoms with Crippen LogP contribution in [0.25, 0.3) is 0 Å². The molecule has 0 amide bonds. The summed E-state index contributed by atoms with van der Waals surface area (Å²) < 4.78 is 5.11. The summed E-state index contributed by atoms with van der Waals surface area (Å²) >= 11 is 0. The van der Waals surface area contributed by atoms with Crippen molar-refractivity contribution in [2.45, 2.75) is 51.6 Å². The van der Waals surface area contributed by atoms with Crippen molar-refractivity contribution >= 4 is 5.97 Å². The highest BCUT2D eigenvalue weighted by Crippen LogP contribution is 2.74. The molecule has 4 fully saturated rings. The van der Waals surface area contributed by atoms with Crippen molar-refractivity contribution in [1.82, 2.24) is 4.90 Å². The fourth-order valence-corrected chi connectivity index (χ4v) is 5.21. The van der Waals surface area contributed by atoms with E-state index in [4.69, 9.17) is 4.74 Å². The standard InChI is InChI=1S/C15H25NO2/c1-9-10-7-14(9,3)16(5)15(4)8-13(15,2)11(10)12(17)18-6/h9-11H,7-8H2,1-6H3. The molecule has 6 atom stereocenters. The minimum Gasteiger partial charge on any atom is -0.469 e. The van der Waals surface area contributed by atoms with Crippen molar-refractivity contribution in [1.29, 1.82) is 0 Å². The zero-order chi connectivity index (χ0) is 13.5. The van der Waals surface area contributed by atoms with Gasteiger partial charge in [-0.3, -0.25) is 9.69 Å². The quantitative estimate of drug-likeness (QED) is 0.670. The second kappa shape index (κ2) is 3.12. The summed E-state index contributed by atoms with van der Waals surface area (Å²) in [5.41, 5.74) is 0.530. The lowest BCUT2D eigenvalue weighted by Crippen LogP contribution is -2.62. The van der Waals surface area contributed by atoms with Gasteiger partial charge in [0.2, 0.25) is 0 Å². The zero-order valence-electron chi connectivity index (χ0n) is 12.4. The van der Waals surface area contributed by atoms with Gasteiger partial charge in [0.15, 0.2) is 0 Å². The normalized spacial score (nSPS) is 58.2. The fraction of sp³-hybridized carbons (Fsp3) is 0.933. The van der Waals surface area contributed by atoms with Crippen LogP contribution in [-0.4, -0.2) is 36.1 Å². The molecule has 0 aromatic carbocycles. The highest BCUT2D eigenvalue weighted by atomic mass is 16.5. The van der Waals surface area contributed by atoms with E-state index in [2.05, 4.69) is 39.6 Å². The van der Waals surface area contributed by atoms with Crippen LogP contribution >= 0.6 is 0 Å². The van der Waals surface area contributed by atoms with Crippen molar-refractivity contribution in [3.05, 3.63) is 0 Å². The first-order valence-electron chi connectivity index (χ1n) is 7.04. The van der Waals surface area contributed by atoms with Crippen LogP contribution in [0.3, 0.4) is 0 Å². The van der Waals surface area contributed by atoms with Gasteiger partial charge in [-0.25, -0.2) is 0 Å². The molecular formula is C15H25NO2. The monoisotopic (exact) mass is 251 g/mol. The molecule has 2 aliphatic carbocycles. The molecule has 3 nitrogen and oxygen atoms in total. The Kier molecular flexibility index (Phi) is 2.16. The molecule has 3 heteroatoms. The maximum Gasteiger partial charge on any atom is 0.309 e. The summed E-state index contributed by atoms with van der Waals surface area (Å²) in [6, 6.07) is 0. The highest BCUT2D eigenvalue weighted by molar-refractivity contribution is 5.75. The number of esters is 1. The van der Waals surface area contributed by atoms with E-state index in [-0.39, 0.29) is 28.4 Å². The topological polar surface area (TPSA) is 29.5 Å². The number of carbonyl (C=O) groups excluding carboxylic acids is 1. The Morgan fingerprint density at radius 3 is 2.44 bits per heavy atom. The smallest absolute Gasteiger partial charge is 0.309 e. The molecular weight excluding hydrogens is 226 g/mol. The van der Waals surface area contributed by atoms with E-state index in [0.29, 0.717) is 11.8 Å². The van der Waals surface area contributed by atoms with Crippen LogP contribution in [0.4, 0.5) is 0 Å². The molecule has 102 valence electrons. The van der Waals surface area contributed by atoms with Crippen LogP contribution in [0.2, 0.25) is 0 Å². The van der Waals surface area contributed by atoms with Crippen LogP contribution in [0, 0.1) is 23.2 Å². The zero-order valence-corrected chi connectivity index (χ0v) is 12.4. The molecule has 2 bridgehead atoms. The lowest BCUT2D eigenvalue weighted by atomic mass is 9.55. The van der Waals surface area contributed by atoms with Crippen LogP contribution < -0.4 is 0 Å². The van der Waals surface area contributed by atoms with Crippen molar-refractivity contribution < 1.29 is 9.53 Å². The van der Waals surface area contributed by atoms with Crippen LogP contribution in [0.1, 0.15) is 40.5 Å². The molecule has 4 aliphatic rings. The van der Waals surface area contributed by atoms with E-state index in [0.717, 1.165) is 12.8 Å². The van der Waals surface area contributed by atoms with E-state index in [1.165, 1.54) is 7.11 Å². The Morgan fingerprint density at radius 2 is 1.94 bits per heavy atom. The molecule has 0 N–H and O–H groups in total. The van der Waals surface area contributed by atoms with Gasteiger partial charge in [-0.15, -0.1) is 0 Å². The number of carbonyl (C=O) groups is 1. The predicted octanol–water partition coefficient (Wildman–Crippen LogP) is 2.30. The molecule has 2 saturated heterocycles.